The number of hydrazine groups is 1. The summed E-state index contributed by atoms with van der Waals surface area (Å²) in [6.45, 7) is 3.75. The lowest BCUT2D eigenvalue weighted by molar-refractivity contribution is -0.156. The predicted octanol–water partition coefficient (Wildman–Crippen LogP) is 2.39. The lowest BCUT2D eigenvalue weighted by atomic mass is 9.89. The average Bonchev–Trinajstić information content (AvgIpc) is 3.50. The molecule has 0 radical (unpaired) electrons. The monoisotopic (exact) mass is 465 g/mol. The predicted molar refractivity (Wildman–Crippen MR) is 114 cm³/mol. The molecule has 1 aliphatic heterocycles. The van der Waals surface area contributed by atoms with Crippen molar-refractivity contribution in [3.63, 3.8) is 0 Å². The summed E-state index contributed by atoms with van der Waals surface area (Å²) < 4.78 is 14.6. The molecular formula is C22H25ClFN3O5. The van der Waals surface area contributed by atoms with Crippen LogP contribution in [0.3, 0.4) is 0 Å². The molecule has 8 nitrogen and oxygen atoms in total. The lowest BCUT2D eigenvalue weighted by Crippen LogP contribution is -2.55. The smallest absolute Gasteiger partial charge is 0.328 e. The number of hydrogen-bond donors (Lipinski definition) is 3. The minimum atomic E-state index is -1.46. The highest BCUT2D eigenvalue weighted by molar-refractivity contribution is 6.30. The molecule has 0 spiro atoms. The van der Waals surface area contributed by atoms with Gasteiger partial charge in [-0.15, -0.1) is 0 Å². The summed E-state index contributed by atoms with van der Waals surface area (Å²) in [5.41, 5.74) is 2.60. The number of hydrogen-bond acceptors (Lipinski definition) is 4. The molecule has 172 valence electrons. The van der Waals surface area contributed by atoms with Crippen molar-refractivity contribution < 1.29 is 28.7 Å². The average molecular weight is 466 g/mol. The summed E-state index contributed by atoms with van der Waals surface area (Å²) in [4.78, 5) is 49.2. The first-order valence-electron chi connectivity index (χ1n) is 10.4. The first-order valence-corrected chi connectivity index (χ1v) is 10.8. The zero-order chi connectivity index (χ0) is 23.4. The summed E-state index contributed by atoms with van der Waals surface area (Å²) in [5.74, 6) is -4.66. The van der Waals surface area contributed by atoms with Crippen molar-refractivity contribution in [2.45, 2.75) is 44.1 Å². The number of nitrogens with zero attached hydrogens (tertiary/aromatic N) is 1. The molecule has 0 aromatic heterocycles. The molecule has 3 atom stereocenters. The van der Waals surface area contributed by atoms with Crippen LogP contribution in [-0.4, -0.2) is 46.4 Å². The fraction of sp³-hybridized carbons (Fsp3) is 0.455. The Morgan fingerprint density at radius 1 is 1.34 bits per heavy atom. The number of rotatable bonds is 9. The number of amides is 3. The Kier molecular flexibility index (Phi) is 7.50. The molecular weight excluding hydrogens is 441 g/mol. The molecule has 3 rings (SSSR count). The largest absolute Gasteiger partial charge is 0.480 e. The van der Waals surface area contributed by atoms with Gasteiger partial charge >= 0.3 is 5.97 Å². The molecule has 1 heterocycles. The second-order valence-electron chi connectivity index (χ2n) is 8.12. The summed E-state index contributed by atoms with van der Waals surface area (Å²) in [6.07, 6.45) is 2.60. The van der Waals surface area contributed by atoms with Crippen molar-refractivity contribution >= 4 is 35.3 Å². The van der Waals surface area contributed by atoms with E-state index in [2.05, 4.69) is 17.3 Å². The molecule has 0 bridgehead atoms. The second kappa shape index (κ2) is 10.1. The number of aliphatic carboxylic acids is 1. The van der Waals surface area contributed by atoms with Crippen LogP contribution in [0.15, 0.2) is 30.9 Å². The van der Waals surface area contributed by atoms with E-state index >= 15 is 0 Å². The highest BCUT2D eigenvalue weighted by atomic mass is 35.5. The van der Waals surface area contributed by atoms with Gasteiger partial charge in [0.05, 0.1) is 0 Å². The van der Waals surface area contributed by atoms with Crippen LogP contribution in [0.4, 0.5) is 4.39 Å². The van der Waals surface area contributed by atoms with Gasteiger partial charge in [0.1, 0.15) is 5.82 Å². The Balaban J connectivity index is 1.86. The molecule has 1 aliphatic carbocycles. The summed E-state index contributed by atoms with van der Waals surface area (Å²) in [5, 5.41) is 13.4. The van der Waals surface area contributed by atoms with Gasteiger partial charge in [-0.1, -0.05) is 24.2 Å². The Hall–Kier alpha value is -2.94. The first-order chi connectivity index (χ1) is 15.2. The number of halogens is 2. The number of carboxylic acid groups (broad SMARTS) is 1. The van der Waals surface area contributed by atoms with Crippen molar-refractivity contribution in [2.24, 2.45) is 11.8 Å². The van der Waals surface area contributed by atoms with Crippen LogP contribution >= 0.6 is 11.6 Å². The van der Waals surface area contributed by atoms with Gasteiger partial charge in [0, 0.05) is 23.9 Å². The number of carboxylic acids is 1. The minimum Gasteiger partial charge on any atom is -0.480 e. The highest BCUT2D eigenvalue weighted by Crippen LogP contribution is 2.45. The van der Waals surface area contributed by atoms with E-state index in [1.807, 2.05) is 0 Å². The molecule has 1 aromatic carbocycles. The SMILES string of the molecule is C=CC(=O)NN(C(=O)CC(c1ccc(Cl)cc1F)C1CC1)C(CC1CCNC1=O)C(=O)O. The van der Waals surface area contributed by atoms with Crippen LogP contribution in [0, 0.1) is 17.7 Å². The van der Waals surface area contributed by atoms with Gasteiger partial charge in [0.25, 0.3) is 5.91 Å². The van der Waals surface area contributed by atoms with E-state index in [1.54, 1.807) is 0 Å². The van der Waals surface area contributed by atoms with E-state index in [0.717, 1.165) is 23.9 Å². The Morgan fingerprint density at radius 3 is 2.59 bits per heavy atom. The van der Waals surface area contributed by atoms with Gasteiger partial charge in [-0.05, 0) is 61.3 Å². The summed E-state index contributed by atoms with van der Waals surface area (Å²) in [6, 6.07) is 2.77. The van der Waals surface area contributed by atoms with Crippen molar-refractivity contribution in [3.8, 4) is 0 Å². The summed E-state index contributed by atoms with van der Waals surface area (Å²) >= 11 is 5.85. The zero-order valence-corrected chi connectivity index (χ0v) is 18.1. The quantitative estimate of drug-likeness (QED) is 0.382. The highest BCUT2D eigenvalue weighted by Gasteiger charge is 2.40. The van der Waals surface area contributed by atoms with Crippen molar-refractivity contribution in [1.82, 2.24) is 15.8 Å². The molecule has 3 N–H and O–H groups in total. The molecule has 10 heteroatoms. The molecule has 3 amide bonds. The third-order valence-electron chi connectivity index (χ3n) is 5.90. The maximum Gasteiger partial charge on any atom is 0.328 e. The van der Waals surface area contributed by atoms with Gasteiger partial charge in [-0.25, -0.2) is 14.2 Å². The molecule has 1 saturated heterocycles. The normalized spacial score (nSPS) is 19.6. The second-order valence-corrected chi connectivity index (χ2v) is 8.56. The Morgan fingerprint density at radius 2 is 2.06 bits per heavy atom. The number of nitrogens with one attached hydrogen (secondary N) is 2. The van der Waals surface area contributed by atoms with Crippen LogP contribution in [0.1, 0.15) is 43.6 Å². The fourth-order valence-electron chi connectivity index (χ4n) is 4.05. The van der Waals surface area contributed by atoms with Crippen LogP contribution in [0.2, 0.25) is 5.02 Å². The molecule has 1 aromatic rings. The van der Waals surface area contributed by atoms with E-state index < -0.39 is 41.5 Å². The molecule has 32 heavy (non-hydrogen) atoms. The maximum atomic E-state index is 14.6. The molecule has 2 aliphatic rings. The van der Waals surface area contributed by atoms with Crippen molar-refractivity contribution in [2.75, 3.05) is 6.54 Å². The van der Waals surface area contributed by atoms with Gasteiger partial charge in [-0.3, -0.25) is 19.8 Å². The lowest BCUT2D eigenvalue weighted by Gasteiger charge is -2.31. The van der Waals surface area contributed by atoms with E-state index in [9.17, 15) is 28.7 Å². The Labute approximate surface area is 189 Å². The van der Waals surface area contributed by atoms with Crippen molar-refractivity contribution in [1.29, 1.82) is 0 Å². The maximum absolute atomic E-state index is 14.6. The van der Waals surface area contributed by atoms with Gasteiger partial charge in [-0.2, -0.15) is 0 Å². The van der Waals surface area contributed by atoms with E-state index in [4.69, 9.17) is 11.6 Å². The van der Waals surface area contributed by atoms with Crippen LogP contribution in [0.25, 0.3) is 0 Å². The third-order valence-corrected chi connectivity index (χ3v) is 6.13. The minimum absolute atomic E-state index is 0.0652. The van der Waals surface area contributed by atoms with Crippen LogP contribution < -0.4 is 10.7 Å². The number of benzene rings is 1. The fourth-order valence-corrected chi connectivity index (χ4v) is 4.21. The molecule has 3 unspecified atom stereocenters. The van der Waals surface area contributed by atoms with Gasteiger partial charge in [0.2, 0.25) is 11.8 Å². The number of carbonyl (C=O) groups excluding carboxylic acids is 3. The van der Waals surface area contributed by atoms with E-state index in [-0.39, 0.29) is 29.7 Å². The summed E-state index contributed by atoms with van der Waals surface area (Å²) in [7, 11) is 0. The topological polar surface area (TPSA) is 116 Å². The standard InChI is InChI=1S/C22H25ClFN3O5/c1-2-19(28)26-27(18(22(31)32)9-13-7-8-25-21(13)30)20(29)11-16(12-3-4-12)15-6-5-14(23)10-17(15)24/h2,5-6,10,12-13,16,18H,1,3-4,7-9,11H2,(H,25,30)(H,26,28)(H,31,32). The molecule has 2 fully saturated rings. The zero-order valence-electron chi connectivity index (χ0n) is 17.4. The van der Waals surface area contributed by atoms with Crippen LogP contribution in [-0.2, 0) is 19.2 Å². The number of carbonyl (C=O) groups is 4. The third kappa shape index (κ3) is 5.64. The van der Waals surface area contributed by atoms with Gasteiger partial charge in [0.15, 0.2) is 6.04 Å². The first kappa shape index (κ1) is 23.7. The molecule has 1 saturated carbocycles. The van der Waals surface area contributed by atoms with E-state index in [1.165, 1.54) is 18.2 Å². The van der Waals surface area contributed by atoms with E-state index in [0.29, 0.717) is 18.5 Å². The Bertz CT molecular complexity index is 936. The van der Waals surface area contributed by atoms with Crippen LogP contribution in [0.5, 0.6) is 0 Å². The van der Waals surface area contributed by atoms with Gasteiger partial charge < -0.3 is 10.4 Å². The van der Waals surface area contributed by atoms with Crippen molar-refractivity contribution in [3.05, 3.63) is 47.3 Å².